The first kappa shape index (κ1) is 28.8. The SMILES string of the molecule is CCCNC(=O)C(C)N(Cc1ccc(F)cc1)C(=O)CN(c1cc(C)cc(C)c1)S(=O)(=O)c1ccccc1. The van der Waals surface area contributed by atoms with Gasteiger partial charge in [0.25, 0.3) is 10.0 Å². The van der Waals surface area contributed by atoms with Crippen molar-refractivity contribution in [1.82, 2.24) is 10.2 Å². The molecule has 0 bridgehead atoms. The van der Waals surface area contributed by atoms with E-state index in [9.17, 15) is 22.4 Å². The van der Waals surface area contributed by atoms with E-state index in [1.807, 2.05) is 26.8 Å². The summed E-state index contributed by atoms with van der Waals surface area (Å²) in [7, 11) is -4.12. The summed E-state index contributed by atoms with van der Waals surface area (Å²) in [5.41, 5.74) is 2.65. The highest BCUT2D eigenvalue weighted by Gasteiger charge is 2.32. The number of carbonyl (C=O) groups excluding carboxylic acids is 2. The van der Waals surface area contributed by atoms with Crippen molar-refractivity contribution >= 4 is 27.5 Å². The minimum absolute atomic E-state index is 0.00585. The van der Waals surface area contributed by atoms with Gasteiger partial charge in [-0.15, -0.1) is 0 Å². The van der Waals surface area contributed by atoms with E-state index in [2.05, 4.69) is 5.32 Å². The topological polar surface area (TPSA) is 86.8 Å². The van der Waals surface area contributed by atoms with Crippen LogP contribution < -0.4 is 9.62 Å². The van der Waals surface area contributed by atoms with Crippen LogP contribution in [0, 0.1) is 19.7 Å². The van der Waals surface area contributed by atoms with E-state index < -0.39 is 34.3 Å². The van der Waals surface area contributed by atoms with Gasteiger partial charge in [-0.05, 0) is 80.3 Å². The molecule has 0 spiro atoms. The van der Waals surface area contributed by atoms with Gasteiger partial charge in [-0.1, -0.05) is 43.3 Å². The van der Waals surface area contributed by atoms with E-state index >= 15 is 0 Å². The molecule has 1 unspecified atom stereocenters. The lowest BCUT2D eigenvalue weighted by Crippen LogP contribution is -2.51. The van der Waals surface area contributed by atoms with E-state index in [0.717, 1.165) is 21.9 Å². The Bertz CT molecular complexity index is 1340. The van der Waals surface area contributed by atoms with Crippen molar-refractivity contribution < 1.29 is 22.4 Å². The maximum atomic E-state index is 13.8. The Balaban J connectivity index is 2.03. The number of nitrogens with zero attached hydrogens (tertiary/aromatic N) is 2. The van der Waals surface area contributed by atoms with Crippen LogP contribution in [0.15, 0.2) is 77.7 Å². The second-order valence-electron chi connectivity index (χ2n) is 9.29. The summed E-state index contributed by atoms with van der Waals surface area (Å²) in [4.78, 5) is 28.1. The van der Waals surface area contributed by atoms with Crippen molar-refractivity contribution in [2.24, 2.45) is 0 Å². The van der Waals surface area contributed by atoms with Gasteiger partial charge in [-0.2, -0.15) is 0 Å². The Kier molecular flexibility index (Phi) is 9.63. The summed E-state index contributed by atoms with van der Waals surface area (Å²) in [6.45, 7) is 7.15. The van der Waals surface area contributed by atoms with E-state index in [1.54, 1.807) is 37.3 Å². The first-order valence-corrected chi connectivity index (χ1v) is 13.9. The largest absolute Gasteiger partial charge is 0.354 e. The first-order valence-electron chi connectivity index (χ1n) is 12.5. The number of aryl methyl sites for hydroxylation is 2. The van der Waals surface area contributed by atoms with Crippen molar-refractivity contribution in [1.29, 1.82) is 0 Å². The average molecular weight is 540 g/mol. The number of hydrogen-bond donors (Lipinski definition) is 1. The third kappa shape index (κ3) is 7.19. The van der Waals surface area contributed by atoms with Gasteiger partial charge in [-0.3, -0.25) is 13.9 Å². The fourth-order valence-electron chi connectivity index (χ4n) is 4.11. The lowest BCUT2D eigenvalue weighted by atomic mass is 10.1. The standard InChI is InChI=1S/C29H34FN3O4S/c1-5-15-31-29(35)23(4)32(19-24-11-13-25(30)14-12-24)28(34)20-33(26-17-21(2)16-22(3)18-26)38(36,37)27-9-7-6-8-10-27/h6-14,16-18,23H,5,15,19-20H2,1-4H3,(H,31,35). The molecule has 202 valence electrons. The number of sulfonamides is 1. The van der Waals surface area contributed by atoms with Crippen LogP contribution >= 0.6 is 0 Å². The monoisotopic (exact) mass is 539 g/mol. The van der Waals surface area contributed by atoms with E-state index in [1.165, 1.54) is 41.3 Å². The third-order valence-electron chi connectivity index (χ3n) is 6.09. The summed E-state index contributed by atoms with van der Waals surface area (Å²) >= 11 is 0. The predicted molar refractivity (Wildman–Crippen MR) is 147 cm³/mol. The fourth-order valence-corrected chi connectivity index (χ4v) is 5.53. The molecule has 0 fully saturated rings. The van der Waals surface area contributed by atoms with E-state index in [0.29, 0.717) is 17.8 Å². The normalized spacial score (nSPS) is 12.0. The van der Waals surface area contributed by atoms with Crippen molar-refractivity contribution in [2.45, 2.75) is 51.6 Å². The molecular weight excluding hydrogens is 505 g/mol. The van der Waals surface area contributed by atoms with Crippen LogP contribution in [0.5, 0.6) is 0 Å². The lowest BCUT2D eigenvalue weighted by Gasteiger charge is -2.32. The van der Waals surface area contributed by atoms with Crippen molar-refractivity contribution in [2.75, 3.05) is 17.4 Å². The van der Waals surface area contributed by atoms with Crippen molar-refractivity contribution in [3.63, 3.8) is 0 Å². The third-order valence-corrected chi connectivity index (χ3v) is 7.88. The fraction of sp³-hybridized carbons (Fsp3) is 0.310. The van der Waals surface area contributed by atoms with Crippen LogP contribution in [0.1, 0.15) is 37.0 Å². The minimum Gasteiger partial charge on any atom is -0.354 e. The molecule has 3 aromatic carbocycles. The molecule has 0 saturated carbocycles. The molecule has 0 aliphatic rings. The Morgan fingerprint density at radius 3 is 2.13 bits per heavy atom. The van der Waals surface area contributed by atoms with E-state index in [-0.39, 0.29) is 17.3 Å². The second-order valence-corrected chi connectivity index (χ2v) is 11.1. The average Bonchev–Trinajstić information content (AvgIpc) is 2.89. The molecule has 7 nitrogen and oxygen atoms in total. The van der Waals surface area contributed by atoms with Crippen LogP contribution in [0.25, 0.3) is 0 Å². The molecule has 1 atom stereocenters. The van der Waals surface area contributed by atoms with Gasteiger partial charge in [-0.25, -0.2) is 12.8 Å². The molecule has 0 heterocycles. The number of nitrogens with one attached hydrogen (secondary N) is 1. The molecule has 2 amide bonds. The van der Waals surface area contributed by atoms with Gasteiger partial charge in [0, 0.05) is 13.1 Å². The van der Waals surface area contributed by atoms with Crippen LogP contribution in [0.2, 0.25) is 0 Å². The number of halogens is 1. The zero-order valence-corrected chi connectivity index (χ0v) is 23.0. The maximum absolute atomic E-state index is 13.8. The molecule has 0 aromatic heterocycles. The minimum atomic E-state index is -4.12. The zero-order chi connectivity index (χ0) is 27.9. The summed E-state index contributed by atoms with van der Waals surface area (Å²) < 4.78 is 42.2. The highest BCUT2D eigenvalue weighted by Crippen LogP contribution is 2.26. The number of anilines is 1. The second kappa shape index (κ2) is 12.7. The van der Waals surface area contributed by atoms with Crippen LogP contribution in [0.3, 0.4) is 0 Å². The first-order chi connectivity index (χ1) is 18.0. The Labute approximate surface area is 224 Å². The number of amides is 2. The molecule has 3 rings (SSSR count). The predicted octanol–water partition coefficient (Wildman–Crippen LogP) is 4.58. The van der Waals surface area contributed by atoms with Crippen molar-refractivity contribution in [3.05, 3.63) is 95.3 Å². The molecule has 0 radical (unpaired) electrons. The van der Waals surface area contributed by atoms with Crippen LogP contribution in [0.4, 0.5) is 10.1 Å². The summed E-state index contributed by atoms with van der Waals surface area (Å²) in [6, 6.07) is 18.0. The zero-order valence-electron chi connectivity index (χ0n) is 22.1. The van der Waals surface area contributed by atoms with E-state index in [4.69, 9.17) is 0 Å². The van der Waals surface area contributed by atoms with Gasteiger partial charge < -0.3 is 10.2 Å². The van der Waals surface area contributed by atoms with Gasteiger partial charge in [0.05, 0.1) is 10.6 Å². The quantitative estimate of drug-likeness (QED) is 0.387. The number of carbonyl (C=O) groups is 2. The molecule has 3 aromatic rings. The van der Waals surface area contributed by atoms with Gasteiger partial charge in [0.2, 0.25) is 11.8 Å². The smallest absolute Gasteiger partial charge is 0.264 e. The summed E-state index contributed by atoms with van der Waals surface area (Å²) in [5.74, 6) is -1.34. The molecular formula is C29H34FN3O4S. The van der Waals surface area contributed by atoms with Crippen LogP contribution in [-0.2, 0) is 26.2 Å². The molecule has 38 heavy (non-hydrogen) atoms. The van der Waals surface area contributed by atoms with Gasteiger partial charge >= 0.3 is 0 Å². The molecule has 0 aliphatic heterocycles. The molecule has 0 aliphatic carbocycles. The Morgan fingerprint density at radius 1 is 0.947 bits per heavy atom. The number of hydrogen-bond acceptors (Lipinski definition) is 4. The highest BCUT2D eigenvalue weighted by molar-refractivity contribution is 7.92. The van der Waals surface area contributed by atoms with Gasteiger partial charge in [0.1, 0.15) is 18.4 Å². The number of benzene rings is 3. The molecule has 0 saturated heterocycles. The Hall–Kier alpha value is -3.72. The Morgan fingerprint density at radius 2 is 1.55 bits per heavy atom. The maximum Gasteiger partial charge on any atom is 0.264 e. The molecule has 9 heteroatoms. The number of rotatable bonds is 11. The van der Waals surface area contributed by atoms with Gasteiger partial charge in [0.15, 0.2) is 0 Å². The summed E-state index contributed by atoms with van der Waals surface area (Å²) in [5, 5.41) is 2.79. The van der Waals surface area contributed by atoms with Crippen LogP contribution in [-0.4, -0.2) is 44.3 Å². The lowest BCUT2D eigenvalue weighted by molar-refractivity contribution is -0.139. The highest BCUT2D eigenvalue weighted by atomic mass is 32.2. The summed E-state index contributed by atoms with van der Waals surface area (Å²) in [6.07, 6.45) is 0.722. The van der Waals surface area contributed by atoms with Crippen molar-refractivity contribution in [3.8, 4) is 0 Å². The molecule has 1 N–H and O–H groups in total.